The van der Waals surface area contributed by atoms with Gasteiger partial charge in [0.05, 0.1) is 11.6 Å². The quantitative estimate of drug-likeness (QED) is 0.771. The Kier molecular flexibility index (Phi) is 3.19. The molecule has 0 saturated heterocycles. The molecule has 0 radical (unpaired) electrons. The first-order chi connectivity index (χ1) is 7.72. The minimum Gasteiger partial charge on any atom is -0.312 e. The zero-order chi connectivity index (χ0) is 11.7. The van der Waals surface area contributed by atoms with Crippen LogP contribution in [0.4, 0.5) is 0 Å². The maximum absolute atomic E-state index is 5.93. The molecule has 2 rings (SSSR count). The number of aryl methyl sites for hydroxylation is 3. The van der Waals surface area contributed by atoms with Crippen molar-refractivity contribution in [2.45, 2.75) is 46.2 Å². The predicted octanol–water partition coefficient (Wildman–Crippen LogP) is 2.71. The minimum absolute atomic E-state index is 0.456. The van der Waals surface area contributed by atoms with Crippen LogP contribution in [0.25, 0.3) is 11.2 Å². The second-order valence-electron chi connectivity index (χ2n) is 3.89. The van der Waals surface area contributed by atoms with Gasteiger partial charge in [0.15, 0.2) is 5.65 Å². The van der Waals surface area contributed by atoms with Crippen LogP contribution in [-0.2, 0) is 19.0 Å². The number of rotatable bonds is 4. The van der Waals surface area contributed by atoms with Gasteiger partial charge in [-0.1, -0.05) is 6.92 Å². The molecule has 0 aliphatic rings. The van der Waals surface area contributed by atoms with Gasteiger partial charge in [-0.2, -0.15) is 5.10 Å². The van der Waals surface area contributed by atoms with E-state index in [1.807, 2.05) is 11.6 Å². The van der Waals surface area contributed by atoms with E-state index in [9.17, 15) is 0 Å². The van der Waals surface area contributed by atoms with Crippen LogP contribution in [0.5, 0.6) is 0 Å². The molecule has 0 N–H and O–H groups in total. The molecule has 0 aromatic carbocycles. The molecule has 2 aromatic heterocycles. The van der Waals surface area contributed by atoms with Crippen molar-refractivity contribution in [2.75, 3.05) is 0 Å². The van der Waals surface area contributed by atoms with Gasteiger partial charge in [-0.05, 0) is 20.3 Å². The second kappa shape index (κ2) is 4.45. The summed E-state index contributed by atoms with van der Waals surface area (Å²) in [6.45, 7) is 8.06. The molecule has 0 bridgehead atoms. The van der Waals surface area contributed by atoms with Crippen molar-refractivity contribution in [1.82, 2.24) is 19.3 Å². The van der Waals surface area contributed by atoms with Crippen molar-refractivity contribution >= 4 is 22.8 Å². The molecule has 2 heterocycles. The SMILES string of the molecule is CCCn1c(CCl)nc2c(C)nn(CC)c21. The molecule has 0 fully saturated rings. The lowest BCUT2D eigenvalue weighted by Crippen LogP contribution is -2.07. The van der Waals surface area contributed by atoms with E-state index in [2.05, 4.69) is 28.5 Å². The summed E-state index contributed by atoms with van der Waals surface area (Å²) >= 11 is 5.93. The molecule has 2 aromatic rings. The Morgan fingerprint density at radius 2 is 2.06 bits per heavy atom. The highest BCUT2D eigenvalue weighted by atomic mass is 35.5. The van der Waals surface area contributed by atoms with Gasteiger partial charge < -0.3 is 4.57 Å². The molecule has 16 heavy (non-hydrogen) atoms. The van der Waals surface area contributed by atoms with E-state index < -0.39 is 0 Å². The Labute approximate surface area is 100 Å². The molecule has 4 nitrogen and oxygen atoms in total. The van der Waals surface area contributed by atoms with Crippen molar-refractivity contribution < 1.29 is 0 Å². The number of fused-ring (bicyclic) bond motifs is 1. The summed E-state index contributed by atoms with van der Waals surface area (Å²) in [4.78, 5) is 4.57. The topological polar surface area (TPSA) is 35.6 Å². The number of hydrogen-bond acceptors (Lipinski definition) is 2. The summed E-state index contributed by atoms with van der Waals surface area (Å²) in [5, 5.41) is 4.48. The Bertz CT molecular complexity index is 498. The Balaban J connectivity index is 2.70. The number of hydrogen-bond donors (Lipinski definition) is 0. The van der Waals surface area contributed by atoms with Crippen LogP contribution in [0.15, 0.2) is 0 Å². The number of aromatic nitrogens is 4. The Morgan fingerprint density at radius 1 is 1.31 bits per heavy atom. The van der Waals surface area contributed by atoms with E-state index in [0.29, 0.717) is 5.88 Å². The molecule has 0 amide bonds. The standard InChI is InChI=1S/C11H17ClN4/c1-4-6-15-9(7-12)13-10-8(3)14-16(5-2)11(10)15/h4-7H2,1-3H3. The largest absolute Gasteiger partial charge is 0.312 e. The summed E-state index contributed by atoms with van der Waals surface area (Å²) in [6, 6.07) is 0. The van der Waals surface area contributed by atoms with Gasteiger partial charge in [-0.25, -0.2) is 9.67 Å². The lowest BCUT2D eigenvalue weighted by atomic mass is 10.4. The van der Waals surface area contributed by atoms with Crippen molar-refractivity contribution in [3.05, 3.63) is 11.5 Å². The average molecular weight is 241 g/mol. The number of halogens is 1. The first-order valence-corrected chi connectivity index (χ1v) is 6.24. The lowest BCUT2D eigenvalue weighted by molar-refractivity contribution is 0.610. The Morgan fingerprint density at radius 3 is 2.62 bits per heavy atom. The van der Waals surface area contributed by atoms with Crippen molar-refractivity contribution in [3.63, 3.8) is 0 Å². The maximum Gasteiger partial charge on any atom is 0.158 e. The monoisotopic (exact) mass is 240 g/mol. The summed E-state index contributed by atoms with van der Waals surface area (Å²) < 4.78 is 4.19. The smallest absolute Gasteiger partial charge is 0.158 e. The first-order valence-electron chi connectivity index (χ1n) is 5.71. The van der Waals surface area contributed by atoms with E-state index in [1.165, 1.54) is 0 Å². The predicted molar refractivity (Wildman–Crippen MR) is 65.8 cm³/mol. The van der Waals surface area contributed by atoms with Gasteiger partial charge in [0.2, 0.25) is 0 Å². The number of nitrogens with zero attached hydrogens (tertiary/aromatic N) is 4. The number of alkyl halides is 1. The third-order valence-corrected chi connectivity index (χ3v) is 2.98. The van der Waals surface area contributed by atoms with Gasteiger partial charge in [0.25, 0.3) is 0 Å². The molecular weight excluding hydrogens is 224 g/mol. The highest BCUT2D eigenvalue weighted by molar-refractivity contribution is 6.16. The molecule has 0 unspecified atom stereocenters. The fourth-order valence-corrected chi connectivity index (χ4v) is 2.25. The maximum atomic E-state index is 5.93. The van der Waals surface area contributed by atoms with Crippen LogP contribution in [0, 0.1) is 6.92 Å². The molecule has 0 spiro atoms. The first kappa shape index (κ1) is 11.5. The molecule has 0 aliphatic heterocycles. The van der Waals surface area contributed by atoms with Crippen LogP contribution in [0.1, 0.15) is 31.8 Å². The minimum atomic E-state index is 0.456. The van der Waals surface area contributed by atoms with Crippen LogP contribution in [0.3, 0.4) is 0 Å². The third kappa shape index (κ3) is 1.61. The summed E-state index contributed by atoms with van der Waals surface area (Å²) in [5.74, 6) is 1.40. The Hall–Kier alpha value is -1.03. The van der Waals surface area contributed by atoms with E-state index in [1.54, 1.807) is 0 Å². The van der Waals surface area contributed by atoms with Crippen LogP contribution < -0.4 is 0 Å². The van der Waals surface area contributed by atoms with Gasteiger partial charge in [-0.15, -0.1) is 11.6 Å². The van der Waals surface area contributed by atoms with Gasteiger partial charge in [0, 0.05) is 13.1 Å². The van der Waals surface area contributed by atoms with Crippen molar-refractivity contribution in [3.8, 4) is 0 Å². The fourth-order valence-electron chi connectivity index (χ4n) is 2.05. The molecule has 0 atom stereocenters. The van der Waals surface area contributed by atoms with Crippen LogP contribution >= 0.6 is 11.6 Å². The highest BCUT2D eigenvalue weighted by Gasteiger charge is 2.16. The van der Waals surface area contributed by atoms with E-state index in [4.69, 9.17) is 11.6 Å². The van der Waals surface area contributed by atoms with Crippen LogP contribution in [-0.4, -0.2) is 19.3 Å². The molecule has 5 heteroatoms. The average Bonchev–Trinajstić information content (AvgIpc) is 2.79. The zero-order valence-electron chi connectivity index (χ0n) is 10.00. The number of imidazole rings is 1. The van der Waals surface area contributed by atoms with Crippen molar-refractivity contribution in [2.24, 2.45) is 0 Å². The summed E-state index contributed by atoms with van der Waals surface area (Å²) in [5.41, 5.74) is 3.08. The summed E-state index contributed by atoms with van der Waals surface area (Å²) in [6.07, 6.45) is 1.07. The fraction of sp³-hybridized carbons (Fsp3) is 0.636. The van der Waals surface area contributed by atoms with Crippen LogP contribution in [0.2, 0.25) is 0 Å². The molecule has 0 saturated carbocycles. The van der Waals surface area contributed by atoms with Gasteiger partial charge >= 0.3 is 0 Å². The molecular formula is C11H17ClN4. The lowest BCUT2D eigenvalue weighted by Gasteiger charge is -2.07. The highest BCUT2D eigenvalue weighted by Crippen LogP contribution is 2.21. The normalized spacial score (nSPS) is 11.5. The third-order valence-electron chi connectivity index (χ3n) is 2.74. The molecule has 0 aliphatic carbocycles. The van der Waals surface area contributed by atoms with Gasteiger partial charge in [0.1, 0.15) is 11.3 Å². The zero-order valence-corrected chi connectivity index (χ0v) is 10.8. The van der Waals surface area contributed by atoms with Gasteiger partial charge in [-0.3, -0.25) is 0 Å². The van der Waals surface area contributed by atoms with E-state index in [0.717, 1.165) is 42.2 Å². The summed E-state index contributed by atoms with van der Waals surface area (Å²) in [7, 11) is 0. The van der Waals surface area contributed by atoms with E-state index >= 15 is 0 Å². The van der Waals surface area contributed by atoms with Crippen molar-refractivity contribution in [1.29, 1.82) is 0 Å². The van der Waals surface area contributed by atoms with E-state index in [-0.39, 0.29) is 0 Å². The molecule has 88 valence electrons. The second-order valence-corrected chi connectivity index (χ2v) is 4.15.